The van der Waals surface area contributed by atoms with Crippen molar-refractivity contribution in [1.82, 2.24) is 0 Å². The Morgan fingerprint density at radius 3 is 2.57 bits per heavy atom. The molecule has 0 unspecified atom stereocenters. The van der Waals surface area contributed by atoms with Crippen molar-refractivity contribution in [3.05, 3.63) is 47.3 Å². The summed E-state index contributed by atoms with van der Waals surface area (Å²) < 4.78 is 29.8. The topological polar surface area (TPSA) is 53.7 Å². The summed E-state index contributed by atoms with van der Waals surface area (Å²) in [6, 6.07) is 7.98. The lowest BCUT2D eigenvalue weighted by Gasteiger charge is -2.20. The van der Waals surface area contributed by atoms with Gasteiger partial charge in [-0.25, -0.2) is 4.39 Å². The average molecular weight is 289 g/mol. The van der Waals surface area contributed by atoms with Crippen LogP contribution in [-0.4, -0.2) is 13.2 Å². The molecule has 1 aliphatic rings. The molecular weight excluding hydrogens is 273 g/mol. The molecule has 0 aromatic heterocycles. The number of nitrogen functional groups attached to an aromatic ring is 1. The van der Waals surface area contributed by atoms with E-state index in [0.29, 0.717) is 36.1 Å². The Hall–Kier alpha value is -2.43. The van der Waals surface area contributed by atoms with E-state index in [1.54, 1.807) is 19.1 Å². The Bertz CT molecular complexity index is 673. The molecule has 0 saturated heterocycles. The summed E-state index contributed by atoms with van der Waals surface area (Å²) in [7, 11) is 0. The van der Waals surface area contributed by atoms with Crippen LogP contribution in [0.1, 0.15) is 11.1 Å². The molecule has 1 aliphatic heterocycles. The first-order valence-electron chi connectivity index (χ1n) is 6.70. The number of aryl methyl sites for hydroxylation is 1. The summed E-state index contributed by atoms with van der Waals surface area (Å²) in [5.74, 6) is 1.68. The Kier molecular flexibility index (Phi) is 3.56. The highest BCUT2D eigenvalue weighted by atomic mass is 19.1. The maximum Gasteiger partial charge on any atom is 0.163 e. The fourth-order valence-electron chi connectivity index (χ4n) is 2.20. The molecule has 0 saturated carbocycles. The first-order valence-corrected chi connectivity index (χ1v) is 6.70. The highest BCUT2D eigenvalue weighted by molar-refractivity contribution is 5.58. The molecule has 0 atom stereocenters. The van der Waals surface area contributed by atoms with Gasteiger partial charge in [-0.2, -0.15) is 0 Å². The average Bonchev–Trinajstić information content (AvgIpc) is 2.46. The van der Waals surface area contributed by atoms with Gasteiger partial charge in [-0.15, -0.1) is 0 Å². The molecule has 5 heteroatoms. The fraction of sp³-hybridized carbons (Fsp3) is 0.250. The lowest BCUT2D eigenvalue weighted by atomic mass is 10.1. The molecule has 4 nitrogen and oxygen atoms in total. The van der Waals surface area contributed by atoms with Crippen LogP contribution in [0.25, 0.3) is 0 Å². The van der Waals surface area contributed by atoms with Gasteiger partial charge in [0.25, 0.3) is 0 Å². The van der Waals surface area contributed by atoms with Gasteiger partial charge < -0.3 is 19.9 Å². The number of halogens is 1. The molecule has 3 rings (SSSR count). The van der Waals surface area contributed by atoms with Gasteiger partial charge in [0.05, 0.1) is 0 Å². The van der Waals surface area contributed by atoms with Crippen molar-refractivity contribution < 1.29 is 18.6 Å². The van der Waals surface area contributed by atoms with Crippen molar-refractivity contribution in [2.24, 2.45) is 0 Å². The predicted molar refractivity (Wildman–Crippen MR) is 77.3 cm³/mol. The zero-order valence-corrected chi connectivity index (χ0v) is 11.7. The molecule has 1 heterocycles. The second-order valence-corrected chi connectivity index (χ2v) is 4.89. The largest absolute Gasteiger partial charge is 0.489 e. The number of hydrogen-bond donors (Lipinski definition) is 1. The van der Waals surface area contributed by atoms with Crippen LogP contribution < -0.4 is 19.9 Å². The van der Waals surface area contributed by atoms with E-state index >= 15 is 0 Å². The minimum atomic E-state index is -0.279. The fourth-order valence-corrected chi connectivity index (χ4v) is 2.20. The minimum Gasteiger partial charge on any atom is -0.489 e. The van der Waals surface area contributed by atoms with Gasteiger partial charge in [-0.05, 0) is 36.8 Å². The predicted octanol–water partition coefficient (Wildman–Crippen LogP) is 3.07. The number of rotatable bonds is 3. The van der Waals surface area contributed by atoms with Gasteiger partial charge in [-0.1, -0.05) is 0 Å². The third-order valence-corrected chi connectivity index (χ3v) is 3.32. The highest BCUT2D eigenvalue weighted by Crippen LogP contribution is 2.35. The van der Waals surface area contributed by atoms with Gasteiger partial charge in [0.15, 0.2) is 11.5 Å². The van der Waals surface area contributed by atoms with Crippen LogP contribution in [0.3, 0.4) is 0 Å². The normalized spacial score (nSPS) is 13.0. The summed E-state index contributed by atoms with van der Waals surface area (Å²) in [4.78, 5) is 0. The Labute approximate surface area is 122 Å². The second-order valence-electron chi connectivity index (χ2n) is 4.89. The molecular formula is C16H16FNO3. The zero-order chi connectivity index (χ0) is 14.8. The van der Waals surface area contributed by atoms with Crippen LogP contribution in [0.2, 0.25) is 0 Å². The molecule has 2 N–H and O–H groups in total. The maximum atomic E-state index is 13.1. The second kappa shape index (κ2) is 5.52. The molecule has 110 valence electrons. The standard InChI is InChI=1S/C16H16FNO3/c1-10-6-12(17)2-3-14(10)21-9-11-7-15-16(8-13(11)18)20-5-4-19-15/h2-3,6-8H,4-5,9,18H2,1H3. The van der Waals surface area contributed by atoms with Crippen molar-refractivity contribution in [3.8, 4) is 17.2 Å². The van der Waals surface area contributed by atoms with E-state index in [9.17, 15) is 4.39 Å². The smallest absolute Gasteiger partial charge is 0.163 e. The Balaban J connectivity index is 1.78. The number of fused-ring (bicyclic) bond motifs is 1. The summed E-state index contributed by atoms with van der Waals surface area (Å²) in [6.45, 7) is 3.13. The molecule has 0 fully saturated rings. The van der Waals surface area contributed by atoms with Gasteiger partial charge >= 0.3 is 0 Å². The van der Waals surface area contributed by atoms with Crippen molar-refractivity contribution in [1.29, 1.82) is 0 Å². The first-order chi connectivity index (χ1) is 10.1. The first kappa shape index (κ1) is 13.5. The van der Waals surface area contributed by atoms with Crippen LogP contribution in [0.4, 0.5) is 10.1 Å². The molecule has 0 spiro atoms. The number of anilines is 1. The SMILES string of the molecule is Cc1cc(F)ccc1OCc1cc2c(cc1N)OCCO2. The van der Waals surface area contributed by atoms with Crippen LogP contribution in [0.5, 0.6) is 17.2 Å². The zero-order valence-electron chi connectivity index (χ0n) is 11.7. The molecule has 21 heavy (non-hydrogen) atoms. The van der Waals surface area contributed by atoms with Crippen molar-refractivity contribution in [2.45, 2.75) is 13.5 Å². The number of hydrogen-bond acceptors (Lipinski definition) is 4. The summed E-state index contributed by atoms with van der Waals surface area (Å²) in [5.41, 5.74) is 8.13. The van der Waals surface area contributed by atoms with E-state index in [1.807, 2.05) is 6.07 Å². The number of benzene rings is 2. The summed E-state index contributed by atoms with van der Waals surface area (Å²) in [5, 5.41) is 0. The molecule has 2 aromatic rings. The van der Waals surface area contributed by atoms with Crippen LogP contribution >= 0.6 is 0 Å². The summed E-state index contributed by atoms with van der Waals surface area (Å²) >= 11 is 0. The third-order valence-electron chi connectivity index (χ3n) is 3.32. The molecule has 0 amide bonds. The van der Waals surface area contributed by atoms with E-state index in [0.717, 1.165) is 11.1 Å². The molecule has 2 aromatic carbocycles. The Morgan fingerprint density at radius 1 is 1.14 bits per heavy atom. The van der Waals surface area contributed by atoms with E-state index in [-0.39, 0.29) is 12.4 Å². The summed E-state index contributed by atoms with van der Waals surface area (Å²) in [6.07, 6.45) is 0. The third kappa shape index (κ3) is 2.86. The lowest BCUT2D eigenvalue weighted by Crippen LogP contribution is -2.16. The lowest BCUT2D eigenvalue weighted by molar-refractivity contribution is 0.171. The van der Waals surface area contributed by atoms with Gasteiger partial charge in [0, 0.05) is 17.3 Å². The van der Waals surface area contributed by atoms with Crippen molar-refractivity contribution in [3.63, 3.8) is 0 Å². The monoisotopic (exact) mass is 289 g/mol. The Morgan fingerprint density at radius 2 is 1.86 bits per heavy atom. The van der Waals surface area contributed by atoms with Crippen LogP contribution in [-0.2, 0) is 6.61 Å². The quantitative estimate of drug-likeness (QED) is 0.882. The van der Waals surface area contributed by atoms with E-state index < -0.39 is 0 Å². The number of ether oxygens (including phenoxy) is 3. The molecule has 0 aliphatic carbocycles. The number of nitrogens with two attached hydrogens (primary N) is 1. The van der Waals surface area contributed by atoms with Crippen LogP contribution in [0, 0.1) is 12.7 Å². The van der Waals surface area contributed by atoms with E-state index in [4.69, 9.17) is 19.9 Å². The molecule has 0 radical (unpaired) electrons. The van der Waals surface area contributed by atoms with Gasteiger partial charge in [0.2, 0.25) is 0 Å². The van der Waals surface area contributed by atoms with Crippen molar-refractivity contribution in [2.75, 3.05) is 18.9 Å². The van der Waals surface area contributed by atoms with Crippen molar-refractivity contribution >= 4 is 5.69 Å². The van der Waals surface area contributed by atoms with E-state index in [2.05, 4.69) is 0 Å². The van der Waals surface area contributed by atoms with Gasteiger partial charge in [-0.3, -0.25) is 0 Å². The van der Waals surface area contributed by atoms with Crippen LogP contribution in [0.15, 0.2) is 30.3 Å². The minimum absolute atomic E-state index is 0.279. The maximum absolute atomic E-state index is 13.1. The van der Waals surface area contributed by atoms with Gasteiger partial charge in [0.1, 0.15) is 31.4 Å². The molecule has 0 bridgehead atoms. The van der Waals surface area contributed by atoms with E-state index in [1.165, 1.54) is 12.1 Å². The highest BCUT2D eigenvalue weighted by Gasteiger charge is 2.15.